The van der Waals surface area contributed by atoms with E-state index in [-0.39, 0.29) is 11.9 Å². The van der Waals surface area contributed by atoms with Crippen molar-refractivity contribution in [1.29, 1.82) is 0 Å². The minimum atomic E-state index is 0.105. The Morgan fingerprint density at radius 2 is 1.89 bits per heavy atom. The molecule has 2 nitrogen and oxygen atoms in total. The third-order valence-corrected chi connectivity index (χ3v) is 3.01. The molecule has 1 amide bonds. The van der Waals surface area contributed by atoms with Crippen LogP contribution in [0.2, 0.25) is 0 Å². The highest BCUT2D eigenvalue weighted by Crippen LogP contribution is 2.12. The van der Waals surface area contributed by atoms with Gasteiger partial charge in [0.2, 0.25) is 5.91 Å². The summed E-state index contributed by atoms with van der Waals surface area (Å²) in [6.45, 7) is 8.79. The van der Waals surface area contributed by atoms with Crippen LogP contribution in [-0.4, -0.2) is 16.8 Å². The van der Waals surface area contributed by atoms with Crippen LogP contribution in [0.4, 0.5) is 0 Å². The van der Waals surface area contributed by atoms with Gasteiger partial charge < -0.3 is 4.90 Å². The summed E-state index contributed by atoms with van der Waals surface area (Å²) in [5, 5.41) is 0. The lowest BCUT2D eigenvalue weighted by Crippen LogP contribution is -2.36. The fraction of sp³-hybridized carbons (Fsp3) is 0.438. The molecule has 0 heterocycles. The van der Waals surface area contributed by atoms with E-state index in [4.69, 9.17) is 0 Å². The number of hydrogen-bond acceptors (Lipinski definition) is 1. The first-order chi connectivity index (χ1) is 8.54. The van der Waals surface area contributed by atoms with E-state index < -0.39 is 0 Å². The molecule has 0 spiro atoms. The van der Waals surface area contributed by atoms with Crippen LogP contribution in [-0.2, 0) is 11.3 Å². The first-order valence-corrected chi connectivity index (χ1v) is 6.54. The van der Waals surface area contributed by atoms with Gasteiger partial charge in [-0.05, 0) is 32.8 Å². The molecule has 18 heavy (non-hydrogen) atoms. The van der Waals surface area contributed by atoms with Crippen molar-refractivity contribution in [3.05, 3.63) is 47.5 Å². The molecule has 0 fully saturated rings. The molecule has 0 saturated heterocycles. The van der Waals surface area contributed by atoms with Gasteiger partial charge in [-0.2, -0.15) is 0 Å². The monoisotopic (exact) mass is 245 g/mol. The van der Waals surface area contributed by atoms with Crippen molar-refractivity contribution in [2.24, 2.45) is 0 Å². The minimum Gasteiger partial charge on any atom is -0.332 e. The van der Waals surface area contributed by atoms with E-state index in [2.05, 4.69) is 26.0 Å². The lowest BCUT2D eigenvalue weighted by molar-refractivity contribution is -0.128. The van der Waals surface area contributed by atoms with Crippen LogP contribution in [0.1, 0.15) is 39.7 Å². The van der Waals surface area contributed by atoms with Gasteiger partial charge in [-0.3, -0.25) is 4.79 Å². The number of allylic oxidation sites excluding steroid dienone is 1. The predicted molar refractivity (Wildman–Crippen MR) is 76.2 cm³/mol. The zero-order chi connectivity index (χ0) is 13.5. The molecule has 98 valence electrons. The summed E-state index contributed by atoms with van der Waals surface area (Å²) in [7, 11) is 0. The Morgan fingerprint density at radius 1 is 1.28 bits per heavy atom. The third-order valence-electron chi connectivity index (χ3n) is 3.01. The van der Waals surface area contributed by atoms with Crippen LogP contribution in [0, 0.1) is 0 Å². The van der Waals surface area contributed by atoms with Crippen molar-refractivity contribution in [2.75, 3.05) is 0 Å². The molecule has 0 N–H and O–H groups in total. The predicted octanol–water partition coefficient (Wildman–Crippen LogP) is 3.78. The Balaban J connectivity index is 2.86. The molecular weight excluding hydrogens is 222 g/mol. The van der Waals surface area contributed by atoms with E-state index in [9.17, 15) is 4.79 Å². The largest absolute Gasteiger partial charge is 0.332 e. The summed E-state index contributed by atoms with van der Waals surface area (Å²) in [6, 6.07) is 10.4. The van der Waals surface area contributed by atoms with Crippen LogP contribution in [0.3, 0.4) is 0 Å². The number of rotatable bonds is 5. The maximum absolute atomic E-state index is 12.2. The second-order valence-electron chi connectivity index (χ2n) is 4.93. The summed E-state index contributed by atoms with van der Waals surface area (Å²) < 4.78 is 0. The van der Waals surface area contributed by atoms with Crippen molar-refractivity contribution in [3.63, 3.8) is 0 Å². The minimum absolute atomic E-state index is 0.105. The fourth-order valence-electron chi connectivity index (χ4n) is 1.78. The van der Waals surface area contributed by atoms with Crippen molar-refractivity contribution >= 4 is 5.91 Å². The van der Waals surface area contributed by atoms with Gasteiger partial charge in [0.25, 0.3) is 0 Å². The molecule has 0 aliphatic carbocycles. The molecule has 1 aromatic rings. The van der Waals surface area contributed by atoms with Crippen LogP contribution in [0.5, 0.6) is 0 Å². The maximum atomic E-state index is 12.2. The normalized spacial score (nSPS) is 11.8. The van der Waals surface area contributed by atoms with Crippen LogP contribution < -0.4 is 0 Å². The van der Waals surface area contributed by atoms with Gasteiger partial charge in [-0.15, -0.1) is 0 Å². The van der Waals surface area contributed by atoms with E-state index in [1.807, 2.05) is 36.9 Å². The first kappa shape index (κ1) is 14.5. The number of benzene rings is 1. The highest BCUT2D eigenvalue weighted by atomic mass is 16.2. The van der Waals surface area contributed by atoms with Crippen molar-refractivity contribution in [3.8, 4) is 0 Å². The van der Waals surface area contributed by atoms with E-state index in [0.717, 1.165) is 12.0 Å². The SMILES string of the molecule is CCC(C)N(Cc1ccccc1)C(=O)C=C(C)C. The molecule has 0 radical (unpaired) electrons. The molecule has 0 saturated carbocycles. The topological polar surface area (TPSA) is 20.3 Å². The van der Waals surface area contributed by atoms with Crippen molar-refractivity contribution in [2.45, 2.75) is 46.7 Å². The molecule has 1 atom stereocenters. The summed E-state index contributed by atoms with van der Waals surface area (Å²) in [6.07, 6.45) is 2.68. The first-order valence-electron chi connectivity index (χ1n) is 6.54. The molecule has 0 aliphatic heterocycles. The quantitative estimate of drug-likeness (QED) is 0.723. The Bertz CT molecular complexity index is 404. The summed E-state index contributed by atoms with van der Waals surface area (Å²) >= 11 is 0. The third kappa shape index (κ3) is 4.36. The van der Waals surface area contributed by atoms with E-state index in [1.54, 1.807) is 6.08 Å². The second kappa shape index (κ2) is 7.00. The number of carbonyl (C=O) groups is 1. The van der Waals surface area contributed by atoms with Gasteiger partial charge in [0.15, 0.2) is 0 Å². The smallest absolute Gasteiger partial charge is 0.247 e. The average Bonchev–Trinajstić information content (AvgIpc) is 2.35. The Kier molecular flexibility index (Phi) is 5.63. The van der Waals surface area contributed by atoms with Crippen molar-refractivity contribution < 1.29 is 4.79 Å². The lowest BCUT2D eigenvalue weighted by atomic mass is 10.1. The molecule has 0 aliphatic rings. The zero-order valence-electron chi connectivity index (χ0n) is 11.8. The zero-order valence-corrected chi connectivity index (χ0v) is 11.8. The number of amides is 1. The van der Waals surface area contributed by atoms with E-state index in [1.165, 1.54) is 5.56 Å². The van der Waals surface area contributed by atoms with Gasteiger partial charge in [-0.25, -0.2) is 0 Å². The van der Waals surface area contributed by atoms with Crippen LogP contribution >= 0.6 is 0 Å². The summed E-state index contributed by atoms with van der Waals surface area (Å²) in [4.78, 5) is 14.1. The Hall–Kier alpha value is -1.57. The van der Waals surface area contributed by atoms with Gasteiger partial charge in [0.05, 0.1) is 0 Å². The molecular formula is C16H23NO. The van der Waals surface area contributed by atoms with Crippen LogP contribution in [0.25, 0.3) is 0 Å². The van der Waals surface area contributed by atoms with E-state index in [0.29, 0.717) is 6.54 Å². The number of carbonyl (C=O) groups excluding carboxylic acids is 1. The highest BCUT2D eigenvalue weighted by Gasteiger charge is 2.17. The summed E-state index contributed by atoms with van der Waals surface area (Å²) in [5.74, 6) is 0.105. The van der Waals surface area contributed by atoms with Crippen LogP contribution in [0.15, 0.2) is 42.0 Å². The maximum Gasteiger partial charge on any atom is 0.247 e. The molecule has 2 heteroatoms. The lowest BCUT2D eigenvalue weighted by Gasteiger charge is -2.28. The molecule has 1 aromatic carbocycles. The van der Waals surface area contributed by atoms with Crippen molar-refractivity contribution in [1.82, 2.24) is 4.90 Å². The Morgan fingerprint density at radius 3 is 2.39 bits per heavy atom. The Labute approximate surface area is 110 Å². The van der Waals surface area contributed by atoms with Gasteiger partial charge in [0, 0.05) is 18.7 Å². The van der Waals surface area contributed by atoms with Gasteiger partial charge >= 0.3 is 0 Å². The number of hydrogen-bond donors (Lipinski definition) is 0. The molecule has 0 bridgehead atoms. The highest BCUT2D eigenvalue weighted by molar-refractivity contribution is 5.88. The van der Waals surface area contributed by atoms with Gasteiger partial charge in [-0.1, -0.05) is 42.8 Å². The molecule has 1 unspecified atom stereocenters. The van der Waals surface area contributed by atoms with E-state index >= 15 is 0 Å². The average molecular weight is 245 g/mol. The summed E-state index contributed by atoms with van der Waals surface area (Å²) in [5.41, 5.74) is 2.22. The fourth-order valence-corrected chi connectivity index (χ4v) is 1.78. The molecule has 1 rings (SSSR count). The van der Waals surface area contributed by atoms with Gasteiger partial charge in [0.1, 0.15) is 0 Å². The number of nitrogens with zero attached hydrogens (tertiary/aromatic N) is 1. The standard InChI is InChI=1S/C16H23NO/c1-5-14(4)17(16(18)11-13(2)3)12-15-9-7-6-8-10-15/h6-11,14H,5,12H2,1-4H3. The molecule has 0 aromatic heterocycles. The second-order valence-corrected chi connectivity index (χ2v) is 4.93.